The Morgan fingerprint density at radius 2 is 1.40 bits per heavy atom. The first kappa shape index (κ1) is 47.7. The molecule has 0 saturated carbocycles. The van der Waals surface area contributed by atoms with Crippen molar-refractivity contribution in [3.8, 4) is 22.4 Å². The number of aliphatic hydroxyl groups is 1. The molecular weight excluding hydrogens is 883 g/mol. The van der Waals surface area contributed by atoms with E-state index in [-0.39, 0.29) is 41.8 Å². The topological polar surface area (TPSA) is 231 Å². The maximum absolute atomic E-state index is 14.2. The van der Waals surface area contributed by atoms with E-state index in [1.807, 2.05) is 61.8 Å². The molecule has 0 bridgehead atoms. The number of carbonyl (C=O) groups excluding carboxylic acids is 4. The molecule has 20 heteroatoms. The lowest BCUT2D eigenvalue weighted by Crippen LogP contribution is -2.53. The monoisotopic (exact) mass is 943 g/mol. The molecule has 0 spiro atoms. The Morgan fingerprint density at radius 3 is 1.97 bits per heavy atom. The summed E-state index contributed by atoms with van der Waals surface area (Å²) >= 11 is 0. The number of aliphatic hydroxyl groups excluding tert-OH is 1. The molecule has 0 aliphatic carbocycles. The maximum Gasteiger partial charge on any atom is 0.407 e. The summed E-state index contributed by atoms with van der Waals surface area (Å²) in [5.41, 5.74) is 6.74. The van der Waals surface area contributed by atoms with Gasteiger partial charge in [0.05, 0.1) is 54.7 Å². The number of alkyl carbamates (subject to hydrolysis) is 1. The summed E-state index contributed by atoms with van der Waals surface area (Å²) in [6, 6.07) is 14.0. The number of methoxy groups -OCH3 is 1. The minimum atomic E-state index is -1.73. The van der Waals surface area contributed by atoms with Crippen molar-refractivity contribution in [2.45, 2.75) is 103 Å². The molecule has 0 radical (unpaired) electrons. The van der Waals surface area contributed by atoms with Gasteiger partial charge in [0.25, 0.3) is 0 Å². The predicted molar refractivity (Wildman–Crippen MR) is 258 cm³/mol. The van der Waals surface area contributed by atoms with Gasteiger partial charge in [0, 0.05) is 43.8 Å². The molecular formula is C48H61N13O6Si. The van der Waals surface area contributed by atoms with Crippen LogP contribution in [0.3, 0.4) is 0 Å². The lowest BCUT2D eigenvalue weighted by molar-refractivity contribution is -0.139. The van der Waals surface area contributed by atoms with Gasteiger partial charge in [0.2, 0.25) is 17.7 Å². The molecule has 4 N–H and O–H groups in total. The number of benzene rings is 2. The molecule has 2 fully saturated rings. The van der Waals surface area contributed by atoms with Crippen molar-refractivity contribution in [2.75, 3.05) is 26.8 Å². The number of allylic oxidation sites excluding steroid dienone is 1. The quantitative estimate of drug-likeness (QED) is 0.107. The number of ether oxygens (including phenoxy) is 1. The number of imidazole rings is 1. The molecule has 1 unspecified atom stereocenters. The van der Waals surface area contributed by atoms with Crippen LogP contribution >= 0.6 is 0 Å². The summed E-state index contributed by atoms with van der Waals surface area (Å²) < 4.78 is 8.47. The van der Waals surface area contributed by atoms with Gasteiger partial charge in [0.15, 0.2) is 0 Å². The van der Waals surface area contributed by atoms with Gasteiger partial charge in [-0.05, 0) is 52.5 Å². The van der Waals surface area contributed by atoms with Gasteiger partial charge < -0.3 is 35.3 Å². The van der Waals surface area contributed by atoms with E-state index in [4.69, 9.17) is 14.7 Å². The first-order valence-corrected chi connectivity index (χ1v) is 26.7. The van der Waals surface area contributed by atoms with Crippen LogP contribution in [-0.4, -0.2) is 137 Å². The molecule has 4 amide bonds. The average molecular weight is 944 g/mol. The van der Waals surface area contributed by atoms with E-state index in [2.05, 4.69) is 92.3 Å². The summed E-state index contributed by atoms with van der Waals surface area (Å²) in [6.07, 6.45) is 10.2. The summed E-state index contributed by atoms with van der Waals surface area (Å²) in [6.45, 7) is 14.2. The molecule has 2 saturated heterocycles. The van der Waals surface area contributed by atoms with Crippen LogP contribution in [0.2, 0.25) is 19.6 Å². The smallest absolute Gasteiger partial charge is 0.407 e. The highest BCUT2D eigenvalue weighted by Crippen LogP contribution is 2.39. The van der Waals surface area contributed by atoms with E-state index >= 15 is 0 Å². The molecule has 8 rings (SSSR count). The number of hydrogen-bond donors (Lipinski definition) is 4. The average Bonchev–Trinajstić information content (AvgIpc) is 4.18. The highest BCUT2D eigenvalue weighted by molar-refractivity contribution is 6.88. The third-order valence-corrected chi connectivity index (χ3v) is 15.0. The molecule has 3 aliphatic heterocycles. The molecule has 6 atom stereocenters. The van der Waals surface area contributed by atoms with Crippen LogP contribution in [0.1, 0.15) is 76.5 Å². The van der Waals surface area contributed by atoms with Crippen molar-refractivity contribution in [3.63, 3.8) is 0 Å². The van der Waals surface area contributed by atoms with Crippen molar-refractivity contribution in [1.82, 2.24) is 60.4 Å². The van der Waals surface area contributed by atoms with E-state index in [0.29, 0.717) is 38.2 Å². The number of rotatable bonds is 15. The van der Waals surface area contributed by atoms with Crippen LogP contribution in [-0.2, 0) is 19.1 Å². The molecule has 5 aromatic rings. The summed E-state index contributed by atoms with van der Waals surface area (Å²) in [5, 5.41) is 33.1. The lowest BCUT2D eigenvalue weighted by atomic mass is 9.95. The first-order chi connectivity index (χ1) is 32.5. The van der Waals surface area contributed by atoms with Crippen molar-refractivity contribution in [2.24, 2.45) is 16.8 Å². The largest absolute Gasteiger partial charge is 0.453 e. The second-order valence-corrected chi connectivity index (χ2v) is 24.6. The highest BCUT2D eigenvalue weighted by Gasteiger charge is 2.44. The molecule has 6 heterocycles. The fraction of sp³-hybridized carbons (Fsp3) is 0.458. The number of aromatic nitrogens is 8. The van der Waals surface area contributed by atoms with Crippen LogP contribution in [0.5, 0.6) is 0 Å². The number of nitrogens with zero attached hydrogens (tertiary/aromatic N) is 10. The second kappa shape index (κ2) is 19.8. The molecule has 19 nitrogen and oxygen atoms in total. The Balaban J connectivity index is 0.954. The van der Waals surface area contributed by atoms with Crippen LogP contribution in [0.25, 0.3) is 28.0 Å². The number of likely N-dealkylation sites (tertiary alicyclic amines) is 2. The van der Waals surface area contributed by atoms with Crippen LogP contribution in [0.15, 0.2) is 84.5 Å². The fourth-order valence-electron chi connectivity index (χ4n) is 9.27. The van der Waals surface area contributed by atoms with Gasteiger partial charge in [-0.3, -0.25) is 19.4 Å². The molecule has 68 heavy (non-hydrogen) atoms. The zero-order valence-corrected chi connectivity index (χ0v) is 40.8. The van der Waals surface area contributed by atoms with E-state index in [1.54, 1.807) is 28.2 Å². The maximum atomic E-state index is 14.2. The zero-order valence-electron chi connectivity index (χ0n) is 39.8. The third kappa shape index (κ3) is 10.1. The summed E-state index contributed by atoms with van der Waals surface area (Å²) in [5.74, 6) is -0.813. The van der Waals surface area contributed by atoms with Crippen LogP contribution < -0.4 is 16.0 Å². The van der Waals surface area contributed by atoms with Gasteiger partial charge in [-0.2, -0.15) is 0 Å². The van der Waals surface area contributed by atoms with Crippen molar-refractivity contribution in [1.29, 1.82) is 0 Å². The van der Waals surface area contributed by atoms with Gasteiger partial charge in [-0.1, -0.05) is 106 Å². The number of carbonyl (C=O) groups is 4. The van der Waals surface area contributed by atoms with Crippen molar-refractivity contribution >= 4 is 48.5 Å². The molecule has 3 aromatic heterocycles. The number of H-pyrrole nitrogens is 1. The minimum absolute atomic E-state index is 0.0987. The highest BCUT2D eigenvalue weighted by atomic mass is 28.3. The third-order valence-electron chi connectivity index (χ3n) is 13.2. The number of aromatic amines is 1. The van der Waals surface area contributed by atoms with E-state index < -0.39 is 44.8 Å². The van der Waals surface area contributed by atoms with Crippen molar-refractivity contribution in [3.05, 3.63) is 90.9 Å². The SMILES string of the molecule is COC(=O)N[C@H](C(=O)N1C[C@H](n2ccnn2)C[C@H]1C1=NC=C(c2ccc(-c3ccc(-c4cnc(C5C[C@@H](n6cc([Si](C)(C)C)nn6)CN5C(=O)[C@@H](NC(=O)CO)C(C)C)[nH]4)cc3)cc2)C1)C(C)C. The van der Waals surface area contributed by atoms with E-state index in [9.17, 15) is 24.3 Å². The number of amides is 4. The molecule has 2 aromatic carbocycles. The minimum Gasteiger partial charge on any atom is -0.453 e. The Bertz CT molecular complexity index is 2670. The Kier molecular flexibility index (Phi) is 13.9. The standard InChI is InChI=1S/C48H61N13O6Si/c1-28(2)43(53-41(63)27-62)46(64)59-25-36(61-26-42(55-57-61)68(6,7)8)21-40(59)45-50-23-38(52-45)33-15-13-31(14-16-33)30-9-11-32(12-10-30)34-19-37(49-22-34)39-20-35(60-18-17-51-56-60)24-58(39)47(65)44(29(3)4)54-48(66)67-5/h9-18,22-23,26,28-29,35-36,39-40,43-44,62H,19-21,24-25,27H2,1-8H3,(H,50,52)(H,53,63)(H,54,66)/t35-,36-,39+,40?,43+,44+/m1/s1. The van der Waals surface area contributed by atoms with Crippen LogP contribution in [0.4, 0.5) is 4.79 Å². The van der Waals surface area contributed by atoms with Crippen molar-refractivity contribution < 1.29 is 29.0 Å². The van der Waals surface area contributed by atoms with Gasteiger partial charge in [-0.25, -0.2) is 19.1 Å². The zero-order chi connectivity index (χ0) is 48.4. The Morgan fingerprint density at radius 1 is 0.809 bits per heavy atom. The van der Waals surface area contributed by atoms with Gasteiger partial charge >= 0.3 is 6.09 Å². The van der Waals surface area contributed by atoms with Crippen LogP contribution in [0, 0.1) is 11.8 Å². The fourth-order valence-corrected chi connectivity index (χ4v) is 10.1. The number of hydrogen-bond acceptors (Lipinski definition) is 12. The lowest BCUT2D eigenvalue weighted by Gasteiger charge is -2.31. The van der Waals surface area contributed by atoms with E-state index in [1.165, 1.54) is 7.11 Å². The first-order valence-electron chi connectivity index (χ1n) is 23.2. The molecule has 3 aliphatic rings. The van der Waals surface area contributed by atoms with Gasteiger partial charge in [-0.15, -0.1) is 10.2 Å². The predicted octanol–water partition coefficient (Wildman–Crippen LogP) is 4.53. The Hall–Kier alpha value is -6.80. The summed E-state index contributed by atoms with van der Waals surface area (Å²) in [4.78, 5) is 69.6. The number of aliphatic imine (C=N–C) groups is 1. The normalized spacial score (nSPS) is 20.4. The second-order valence-electron chi connectivity index (χ2n) is 19.6. The Labute approximate surface area is 396 Å². The van der Waals surface area contributed by atoms with E-state index in [0.717, 1.165) is 44.5 Å². The summed E-state index contributed by atoms with van der Waals surface area (Å²) in [7, 11) is -0.450. The van der Waals surface area contributed by atoms with Gasteiger partial charge in [0.1, 0.15) is 32.6 Å². The molecule has 358 valence electrons. The number of nitrogens with one attached hydrogen (secondary N) is 3.